The Kier molecular flexibility index (Phi) is 4.35. The molecule has 0 amide bonds. The zero-order valence-electron chi connectivity index (χ0n) is 13.8. The number of fused-ring (bicyclic) bond motifs is 1. The Morgan fingerprint density at radius 1 is 0.880 bits per heavy atom. The van der Waals surface area contributed by atoms with Crippen molar-refractivity contribution in [3.8, 4) is 5.75 Å². The number of methoxy groups -OCH3 is 1. The van der Waals surface area contributed by atoms with Crippen molar-refractivity contribution >= 4 is 17.3 Å². The van der Waals surface area contributed by atoms with Crippen molar-refractivity contribution in [2.24, 2.45) is 0 Å². The van der Waals surface area contributed by atoms with Crippen molar-refractivity contribution in [2.75, 3.05) is 12.4 Å². The van der Waals surface area contributed by atoms with Crippen molar-refractivity contribution in [1.82, 2.24) is 0 Å². The van der Waals surface area contributed by atoms with E-state index in [-0.39, 0.29) is 12.3 Å². The summed E-state index contributed by atoms with van der Waals surface area (Å²) in [6.07, 6.45) is -0.476. The summed E-state index contributed by atoms with van der Waals surface area (Å²) in [6.45, 7) is 0. The summed E-state index contributed by atoms with van der Waals surface area (Å²) in [6, 6.07) is 23.9. The minimum Gasteiger partial charge on any atom is -0.496 e. The molecule has 3 nitrogen and oxygen atoms in total. The first-order chi connectivity index (χ1) is 12.3. The summed E-state index contributed by atoms with van der Waals surface area (Å²) in [5.74, 6) is 0.800. The number of nitrogens with one attached hydrogen (secondary N) is 1. The fourth-order valence-electron chi connectivity index (χ4n) is 3.17. The van der Waals surface area contributed by atoms with E-state index >= 15 is 0 Å². The van der Waals surface area contributed by atoms with Crippen LogP contribution >= 0.6 is 11.6 Å². The molecule has 1 heterocycles. The molecule has 4 rings (SSSR count). The lowest BCUT2D eigenvalue weighted by Crippen LogP contribution is -2.25. The SMILES string of the molecule is COc1ccccc1[C@H]1Nc2ccccc2[C@H](c2ccc(Cl)cc2)O1. The first-order valence-corrected chi connectivity index (χ1v) is 8.53. The minimum atomic E-state index is -0.299. The van der Waals surface area contributed by atoms with Crippen LogP contribution in [-0.2, 0) is 4.74 Å². The van der Waals surface area contributed by atoms with Crippen molar-refractivity contribution < 1.29 is 9.47 Å². The fourth-order valence-corrected chi connectivity index (χ4v) is 3.30. The molecule has 0 bridgehead atoms. The molecule has 0 spiro atoms. The largest absolute Gasteiger partial charge is 0.496 e. The second-order valence-corrected chi connectivity index (χ2v) is 6.36. The summed E-state index contributed by atoms with van der Waals surface area (Å²) in [4.78, 5) is 0. The maximum absolute atomic E-state index is 6.43. The average Bonchev–Trinajstić information content (AvgIpc) is 2.68. The Labute approximate surface area is 152 Å². The van der Waals surface area contributed by atoms with E-state index in [0.29, 0.717) is 5.02 Å². The van der Waals surface area contributed by atoms with E-state index < -0.39 is 0 Å². The molecule has 0 unspecified atom stereocenters. The third kappa shape index (κ3) is 3.09. The predicted molar refractivity (Wildman–Crippen MR) is 100 cm³/mol. The highest BCUT2D eigenvalue weighted by molar-refractivity contribution is 6.30. The van der Waals surface area contributed by atoms with Crippen LogP contribution in [0.25, 0.3) is 0 Å². The molecular formula is C21H18ClNO2. The van der Waals surface area contributed by atoms with Crippen molar-refractivity contribution in [2.45, 2.75) is 12.3 Å². The molecule has 0 radical (unpaired) electrons. The topological polar surface area (TPSA) is 30.5 Å². The summed E-state index contributed by atoms with van der Waals surface area (Å²) >= 11 is 6.05. The fraction of sp³-hybridized carbons (Fsp3) is 0.143. The number of halogens is 1. The number of hydrogen-bond donors (Lipinski definition) is 1. The van der Waals surface area contributed by atoms with Gasteiger partial charge in [0.15, 0.2) is 6.23 Å². The van der Waals surface area contributed by atoms with Gasteiger partial charge in [-0.3, -0.25) is 0 Å². The van der Waals surface area contributed by atoms with Gasteiger partial charge in [0, 0.05) is 21.8 Å². The molecule has 0 saturated heterocycles. The molecule has 3 aromatic rings. The van der Waals surface area contributed by atoms with Crippen LogP contribution in [0.4, 0.5) is 5.69 Å². The molecule has 1 N–H and O–H groups in total. The maximum Gasteiger partial charge on any atom is 0.158 e. The number of ether oxygens (including phenoxy) is 2. The van der Waals surface area contributed by atoms with E-state index in [9.17, 15) is 0 Å². The Morgan fingerprint density at radius 2 is 1.56 bits per heavy atom. The van der Waals surface area contributed by atoms with Gasteiger partial charge in [-0.05, 0) is 29.8 Å². The van der Waals surface area contributed by atoms with Crippen LogP contribution in [-0.4, -0.2) is 7.11 Å². The normalized spacial score (nSPS) is 19.0. The molecular weight excluding hydrogens is 334 g/mol. The van der Waals surface area contributed by atoms with Gasteiger partial charge in [-0.25, -0.2) is 0 Å². The Hall–Kier alpha value is -2.49. The van der Waals surface area contributed by atoms with Crippen molar-refractivity contribution in [1.29, 1.82) is 0 Å². The van der Waals surface area contributed by atoms with Gasteiger partial charge < -0.3 is 14.8 Å². The molecule has 1 aliphatic rings. The third-order valence-electron chi connectivity index (χ3n) is 4.40. The summed E-state index contributed by atoms with van der Waals surface area (Å²) in [7, 11) is 1.67. The van der Waals surface area contributed by atoms with E-state index in [4.69, 9.17) is 21.1 Å². The quantitative estimate of drug-likeness (QED) is 0.668. The molecule has 0 aliphatic carbocycles. The van der Waals surface area contributed by atoms with Crippen LogP contribution in [0.5, 0.6) is 5.75 Å². The molecule has 2 atom stereocenters. The first-order valence-electron chi connectivity index (χ1n) is 8.15. The van der Waals surface area contributed by atoms with E-state index in [1.165, 1.54) is 0 Å². The van der Waals surface area contributed by atoms with Crippen LogP contribution in [0.1, 0.15) is 29.0 Å². The Balaban J connectivity index is 1.77. The number of para-hydroxylation sites is 2. The number of rotatable bonds is 3. The lowest BCUT2D eigenvalue weighted by Gasteiger charge is -2.34. The van der Waals surface area contributed by atoms with Crippen molar-refractivity contribution in [3.05, 3.63) is 94.5 Å². The smallest absolute Gasteiger partial charge is 0.158 e. The van der Waals surface area contributed by atoms with Crippen LogP contribution in [0.15, 0.2) is 72.8 Å². The standard InChI is InChI=1S/C21H18ClNO2/c1-24-19-9-5-3-7-17(19)21-23-18-8-4-2-6-16(18)20(25-21)14-10-12-15(22)13-11-14/h2-13,20-21,23H,1H3/t20-,21-/m0/s1. The monoisotopic (exact) mass is 351 g/mol. The molecule has 1 aliphatic heterocycles. The second-order valence-electron chi connectivity index (χ2n) is 5.92. The van der Waals surface area contributed by atoms with Crippen LogP contribution in [0, 0.1) is 0 Å². The second kappa shape index (κ2) is 6.79. The lowest BCUT2D eigenvalue weighted by molar-refractivity contribution is 0.0145. The highest BCUT2D eigenvalue weighted by Gasteiger charge is 2.30. The highest BCUT2D eigenvalue weighted by atomic mass is 35.5. The molecule has 0 fully saturated rings. The highest BCUT2D eigenvalue weighted by Crippen LogP contribution is 2.43. The third-order valence-corrected chi connectivity index (χ3v) is 4.65. The molecule has 25 heavy (non-hydrogen) atoms. The van der Waals surface area contributed by atoms with E-state index in [2.05, 4.69) is 17.4 Å². The molecule has 0 aromatic heterocycles. The lowest BCUT2D eigenvalue weighted by atomic mass is 9.97. The van der Waals surface area contributed by atoms with Gasteiger partial charge in [0.1, 0.15) is 11.9 Å². The van der Waals surface area contributed by atoms with E-state index in [1.54, 1.807) is 7.11 Å². The average molecular weight is 352 g/mol. The van der Waals surface area contributed by atoms with Gasteiger partial charge in [0.25, 0.3) is 0 Å². The van der Waals surface area contributed by atoms with Crippen LogP contribution in [0.3, 0.4) is 0 Å². The molecule has 126 valence electrons. The maximum atomic E-state index is 6.43. The van der Waals surface area contributed by atoms with Crippen LogP contribution in [0.2, 0.25) is 5.02 Å². The van der Waals surface area contributed by atoms with Gasteiger partial charge in [-0.2, -0.15) is 0 Å². The molecule has 0 saturated carbocycles. The summed E-state index contributed by atoms with van der Waals surface area (Å²) < 4.78 is 11.9. The zero-order valence-corrected chi connectivity index (χ0v) is 14.5. The predicted octanol–water partition coefficient (Wildman–Crippen LogP) is 5.58. The zero-order chi connectivity index (χ0) is 17.2. The van der Waals surface area contributed by atoms with E-state index in [1.807, 2.05) is 60.7 Å². The van der Waals surface area contributed by atoms with Crippen molar-refractivity contribution in [3.63, 3.8) is 0 Å². The van der Waals surface area contributed by atoms with Gasteiger partial charge >= 0.3 is 0 Å². The minimum absolute atomic E-state index is 0.176. The Morgan fingerprint density at radius 3 is 2.32 bits per heavy atom. The van der Waals surface area contributed by atoms with E-state index in [0.717, 1.165) is 28.1 Å². The van der Waals surface area contributed by atoms with Gasteiger partial charge in [-0.1, -0.05) is 60.1 Å². The summed E-state index contributed by atoms with van der Waals surface area (Å²) in [5, 5.41) is 4.19. The molecule has 4 heteroatoms. The molecule has 3 aromatic carbocycles. The number of anilines is 1. The first kappa shape index (κ1) is 16.0. The Bertz CT molecular complexity index is 879. The van der Waals surface area contributed by atoms with Gasteiger partial charge in [-0.15, -0.1) is 0 Å². The number of hydrogen-bond acceptors (Lipinski definition) is 3. The number of benzene rings is 3. The van der Waals surface area contributed by atoms with Crippen LogP contribution < -0.4 is 10.1 Å². The van der Waals surface area contributed by atoms with Gasteiger partial charge in [0.2, 0.25) is 0 Å². The summed E-state index contributed by atoms with van der Waals surface area (Å²) in [5.41, 5.74) is 4.21. The van der Waals surface area contributed by atoms with Gasteiger partial charge in [0.05, 0.1) is 7.11 Å².